The van der Waals surface area contributed by atoms with Crippen molar-refractivity contribution in [1.29, 1.82) is 0 Å². The van der Waals surface area contributed by atoms with Gasteiger partial charge in [-0.2, -0.15) is 0 Å². The Bertz CT molecular complexity index is 1080. The maximum atomic E-state index is 13.0. The number of nitrogens with zero attached hydrogens (tertiary/aromatic N) is 1. The molecule has 2 aromatic carbocycles. The van der Waals surface area contributed by atoms with Gasteiger partial charge in [0.1, 0.15) is 5.76 Å². The van der Waals surface area contributed by atoms with E-state index in [4.69, 9.17) is 14.6 Å². The molecule has 4 rings (SSSR count). The summed E-state index contributed by atoms with van der Waals surface area (Å²) in [5, 5.41) is 19.8. The summed E-state index contributed by atoms with van der Waals surface area (Å²) >= 11 is 0. The molecule has 8 heteroatoms. The predicted molar refractivity (Wildman–Crippen MR) is 114 cm³/mol. The second kappa shape index (κ2) is 9.13. The lowest BCUT2D eigenvalue weighted by Crippen LogP contribution is -2.30. The zero-order valence-corrected chi connectivity index (χ0v) is 17.3. The smallest absolute Gasteiger partial charge is 0.303 e. The molecule has 2 aromatic rings. The van der Waals surface area contributed by atoms with Gasteiger partial charge in [0.2, 0.25) is 6.79 Å². The van der Waals surface area contributed by atoms with Gasteiger partial charge < -0.3 is 24.6 Å². The molecule has 0 saturated carbocycles. The zero-order valence-electron chi connectivity index (χ0n) is 17.3. The highest BCUT2D eigenvalue weighted by molar-refractivity contribution is 6.46. The summed E-state index contributed by atoms with van der Waals surface area (Å²) in [6.45, 7) is 0.349. The number of ether oxygens (including phenoxy) is 2. The molecule has 0 radical (unpaired) electrons. The van der Waals surface area contributed by atoms with E-state index in [-0.39, 0.29) is 31.1 Å². The number of aliphatic carboxylic acids is 1. The Morgan fingerprint density at radius 2 is 1.72 bits per heavy atom. The highest BCUT2D eigenvalue weighted by Crippen LogP contribution is 2.43. The highest BCUT2D eigenvalue weighted by Gasteiger charge is 2.46. The molecular formula is C24H23NO7. The molecule has 0 spiro atoms. The average Bonchev–Trinajstić information content (AvgIpc) is 3.36. The van der Waals surface area contributed by atoms with Crippen molar-refractivity contribution in [2.75, 3.05) is 13.3 Å². The number of benzene rings is 2. The summed E-state index contributed by atoms with van der Waals surface area (Å²) < 4.78 is 10.8. The number of fused-ring (bicyclic) bond motifs is 1. The van der Waals surface area contributed by atoms with Crippen LogP contribution >= 0.6 is 0 Å². The van der Waals surface area contributed by atoms with Crippen molar-refractivity contribution in [2.45, 2.75) is 31.7 Å². The molecule has 1 amide bonds. The fourth-order valence-corrected chi connectivity index (χ4v) is 4.03. The number of amides is 1. The molecule has 8 nitrogen and oxygen atoms in total. The Balaban J connectivity index is 1.69. The van der Waals surface area contributed by atoms with Crippen molar-refractivity contribution in [2.24, 2.45) is 0 Å². The third-order valence-electron chi connectivity index (χ3n) is 5.59. The molecule has 2 N–H and O–H groups in total. The first-order valence-electron chi connectivity index (χ1n) is 10.4. The van der Waals surface area contributed by atoms with Crippen LogP contribution in [0.25, 0.3) is 5.76 Å². The van der Waals surface area contributed by atoms with Gasteiger partial charge >= 0.3 is 5.97 Å². The first-order valence-corrected chi connectivity index (χ1v) is 10.4. The molecule has 2 aliphatic heterocycles. The van der Waals surface area contributed by atoms with E-state index in [0.717, 1.165) is 0 Å². The fraction of sp³-hybridized carbons (Fsp3) is 0.292. The Kier molecular flexibility index (Phi) is 6.11. The van der Waals surface area contributed by atoms with Crippen LogP contribution in [0.3, 0.4) is 0 Å². The fourth-order valence-electron chi connectivity index (χ4n) is 4.03. The number of carboxylic acids is 1. The summed E-state index contributed by atoms with van der Waals surface area (Å²) in [6, 6.07) is 13.0. The number of Topliss-reactive ketones (excluding diaryl/α,β-unsaturated/α-hetero) is 1. The van der Waals surface area contributed by atoms with Crippen molar-refractivity contribution in [1.82, 2.24) is 4.90 Å². The van der Waals surface area contributed by atoms with Crippen molar-refractivity contribution in [3.63, 3.8) is 0 Å². The number of aliphatic hydroxyl groups is 1. The van der Waals surface area contributed by atoms with Gasteiger partial charge in [0.25, 0.3) is 11.7 Å². The summed E-state index contributed by atoms with van der Waals surface area (Å²) in [5.74, 6) is -1.46. The van der Waals surface area contributed by atoms with E-state index in [1.165, 1.54) is 4.90 Å². The van der Waals surface area contributed by atoms with Crippen LogP contribution in [0, 0.1) is 0 Å². The van der Waals surface area contributed by atoms with E-state index < -0.39 is 23.7 Å². The van der Waals surface area contributed by atoms with Crippen molar-refractivity contribution in [3.8, 4) is 11.5 Å². The van der Waals surface area contributed by atoms with Crippen molar-refractivity contribution in [3.05, 3.63) is 65.2 Å². The number of carboxylic acid groups (broad SMARTS) is 1. The van der Waals surface area contributed by atoms with Gasteiger partial charge in [0.05, 0.1) is 11.6 Å². The molecule has 0 bridgehead atoms. The van der Waals surface area contributed by atoms with Gasteiger partial charge in [-0.1, -0.05) is 42.8 Å². The van der Waals surface area contributed by atoms with Gasteiger partial charge in [0, 0.05) is 18.5 Å². The predicted octanol–water partition coefficient (Wildman–Crippen LogP) is 3.48. The number of likely N-dealkylation sites (tertiary alicyclic amines) is 1. The van der Waals surface area contributed by atoms with Crippen LogP contribution in [0.15, 0.2) is 54.1 Å². The monoisotopic (exact) mass is 437 g/mol. The van der Waals surface area contributed by atoms with E-state index in [1.807, 2.05) is 0 Å². The summed E-state index contributed by atoms with van der Waals surface area (Å²) in [7, 11) is 0. The van der Waals surface area contributed by atoms with Gasteiger partial charge in [-0.15, -0.1) is 0 Å². The third-order valence-corrected chi connectivity index (χ3v) is 5.59. The number of hydrogen-bond donors (Lipinski definition) is 2. The number of hydrogen-bond acceptors (Lipinski definition) is 6. The quantitative estimate of drug-likeness (QED) is 0.281. The summed E-state index contributed by atoms with van der Waals surface area (Å²) in [4.78, 5) is 38.1. The number of unbranched alkanes of at least 4 members (excludes halogenated alkanes) is 2. The first-order chi connectivity index (χ1) is 15.5. The topological polar surface area (TPSA) is 113 Å². The lowest BCUT2D eigenvalue weighted by atomic mass is 9.95. The first kappa shape index (κ1) is 21.4. The standard InChI is InChI=1S/C24H23NO7/c26-19(27)9-5-2-6-12-25-21(16-10-11-17-18(13-16)32-14-31-17)20(23(29)24(25)30)22(28)15-7-3-1-4-8-15/h1,3-4,7-8,10-11,13,21,28H,2,5-6,9,12,14H2,(H,26,27)/b22-20+. The third kappa shape index (κ3) is 4.16. The summed E-state index contributed by atoms with van der Waals surface area (Å²) in [5.41, 5.74) is 1.08. The minimum Gasteiger partial charge on any atom is -0.507 e. The van der Waals surface area contributed by atoms with Crippen molar-refractivity contribution >= 4 is 23.4 Å². The molecule has 2 heterocycles. The van der Waals surface area contributed by atoms with Crippen LogP contribution in [-0.2, 0) is 14.4 Å². The maximum absolute atomic E-state index is 13.0. The second-order valence-corrected chi connectivity index (χ2v) is 7.68. The van der Waals surface area contributed by atoms with Crippen LogP contribution in [0.4, 0.5) is 0 Å². The van der Waals surface area contributed by atoms with Crippen molar-refractivity contribution < 1.29 is 34.1 Å². The van der Waals surface area contributed by atoms with E-state index in [1.54, 1.807) is 48.5 Å². The maximum Gasteiger partial charge on any atom is 0.303 e. The van der Waals surface area contributed by atoms with Crippen LogP contribution < -0.4 is 9.47 Å². The molecule has 166 valence electrons. The minimum absolute atomic E-state index is 0.0191. The normalized spacial score (nSPS) is 18.9. The number of rotatable bonds is 8. The average molecular weight is 437 g/mol. The van der Waals surface area contributed by atoms with Gasteiger partial charge in [-0.05, 0) is 30.5 Å². The molecule has 0 aromatic heterocycles. The molecule has 32 heavy (non-hydrogen) atoms. The lowest BCUT2D eigenvalue weighted by molar-refractivity contribution is -0.140. The van der Waals surface area contributed by atoms with Gasteiger partial charge in [-0.25, -0.2) is 0 Å². The molecular weight excluding hydrogens is 414 g/mol. The summed E-state index contributed by atoms with van der Waals surface area (Å²) in [6.07, 6.45) is 1.67. The largest absolute Gasteiger partial charge is 0.507 e. The van der Waals surface area contributed by atoms with E-state index >= 15 is 0 Å². The minimum atomic E-state index is -0.867. The Morgan fingerprint density at radius 1 is 0.969 bits per heavy atom. The lowest BCUT2D eigenvalue weighted by Gasteiger charge is -2.25. The van der Waals surface area contributed by atoms with Crippen LogP contribution in [0.1, 0.15) is 42.9 Å². The number of aliphatic hydroxyl groups excluding tert-OH is 1. The van der Waals surface area contributed by atoms with Crippen LogP contribution in [-0.4, -0.2) is 46.1 Å². The number of carbonyl (C=O) groups excluding carboxylic acids is 2. The zero-order chi connectivity index (χ0) is 22.7. The van der Waals surface area contributed by atoms with E-state index in [2.05, 4.69) is 0 Å². The van der Waals surface area contributed by atoms with Gasteiger partial charge in [-0.3, -0.25) is 14.4 Å². The van der Waals surface area contributed by atoms with E-state index in [0.29, 0.717) is 41.9 Å². The Morgan fingerprint density at radius 3 is 2.47 bits per heavy atom. The molecule has 2 aliphatic rings. The number of carbonyl (C=O) groups is 3. The SMILES string of the molecule is O=C(O)CCCCCN1C(=O)C(=O)/C(=C(/O)c2ccccc2)C1c1ccc2c(c1)OCO2. The van der Waals surface area contributed by atoms with Crippen LogP contribution in [0.2, 0.25) is 0 Å². The van der Waals surface area contributed by atoms with Crippen LogP contribution in [0.5, 0.6) is 11.5 Å². The van der Waals surface area contributed by atoms with Gasteiger partial charge in [0.15, 0.2) is 11.5 Å². The molecule has 1 atom stereocenters. The van der Waals surface area contributed by atoms with E-state index in [9.17, 15) is 19.5 Å². The number of ketones is 1. The Hall–Kier alpha value is -3.81. The molecule has 0 aliphatic carbocycles. The molecule has 1 fully saturated rings. The molecule has 1 saturated heterocycles. The molecule has 1 unspecified atom stereocenters. The Labute approximate surface area is 184 Å². The second-order valence-electron chi connectivity index (χ2n) is 7.68. The highest BCUT2D eigenvalue weighted by atomic mass is 16.7.